The summed E-state index contributed by atoms with van der Waals surface area (Å²) in [5, 5.41) is 0. The Morgan fingerprint density at radius 2 is 2.00 bits per heavy atom. The van der Waals surface area contributed by atoms with Gasteiger partial charge in [-0.2, -0.15) is 0 Å². The first kappa shape index (κ1) is 11.5. The van der Waals surface area contributed by atoms with Crippen molar-refractivity contribution < 1.29 is 9.53 Å². The molecule has 1 aliphatic carbocycles. The Balaban J connectivity index is 2.27. The Morgan fingerprint density at radius 1 is 1.43 bits per heavy atom. The molecule has 0 aromatic heterocycles. The van der Waals surface area contributed by atoms with E-state index in [0.717, 1.165) is 19.3 Å². The van der Waals surface area contributed by atoms with Crippen molar-refractivity contribution in [1.82, 2.24) is 0 Å². The third-order valence-electron chi connectivity index (χ3n) is 3.18. The van der Waals surface area contributed by atoms with Gasteiger partial charge in [0.25, 0.3) is 0 Å². The normalized spacial score (nSPS) is 29.6. The number of methoxy groups -OCH3 is 1. The van der Waals surface area contributed by atoms with Gasteiger partial charge in [-0.25, -0.2) is 0 Å². The number of ether oxygens (including phenoxy) is 1. The molecule has 1 atom stereocenters. The third-order valence-corrected chi connectivity index (χ3v) is 3.18. The Kier molecular flexibility index (Phi) is 4.39. The van der Waals surface area contributed by atoms with Crippen LogP contribution in [0.15, 0.2) is 0 Å². The SMILES string of the molecule is COC(=O)C(C)CC1CCC(N)CC1. The molecule has 0 aromatic carbocycles. The lowest BCUT2D eigenvalue weighted by Crippen LogP contribution is -2.28. The Labute approximate surface area is 86.0 Å². The quantitative estimate of drug-likeness (QED) is 0.704. The van der Waals surface area contributed by atoms with Crippen LogP contribution in [0.25, 0.3) is 0 Å². The predicted octanol–water partition coefficient (Wildman–Crippen LogP) is 1.70. The van der Waals surface area contributed by atoms with Crippen molar-refractivity contribution in [3.63, 3.8) is 0 Å². The lowest BCUT2D eigenvalue weighted by molar-refractivity contribution is -0.145. The summed E-state index contributed by atoms with van der Waals surface area (Å²) >= 11 is 0. The van der Waals surface area contributed by atoms with Gasteiger partial charge in [0, 0.05) is 6.04 Å². The molecule has 0 amide bonds. The van der Waals surface area contributed by atoms with Gasteiger partial charge in [0.15, 0.2) is 0 Å². The molecule has 0 radical (unpaired) electrons. The molecule has 1 unspecified atom stereocenters. The maximum atomic E-state index is 11.2. The Bertz CT molecular complexity index is 186. The Morgan fingerprint density at radius 3 is 2.50 bits per heavy atom. The van der Waals surface area contributed by atoms with E-state index < -0.39 is 0 Å². The maximum absolute atomic E-state index is 11.2. The molecule has 0 aromatic rings. The molecule has 0 saturated heterocycles. The smallest absolute Gasteiger partial charge is 0.308 e. The Hall–Kier alpha value is -0.570. The van der Waals surface area contributed by atoms with E-state index in [9.17, 15) is 4.79 Å². The van der Waals surface area contributed by atoms with Crippen molar-refractivity contribution >= 4 is 5.97 Å². The summed E-state index contributed by atoms with van der Waals surface area (Å²) in [5.74, 6) is 0.628. The van der Waals surface area contributed by atoms with Crippen LogP contribution in [0.3, 0.4) is 0 Å². The first-order valence-electron chi connectivity index (χ1n) is 5.47. The number of hydrogen-bond donors (Lipinski definition) is 1. The highest BCUT2D eigenvalue weighted by atomic mass is 16.5. The minimum absolute atomic E-state index is 0.0410. The van der Waals surface area contributed by atoms with Gasteiger partial charge in [0.2, 0.25) is 0 Å². The van der Waals surface area contributed by atoms with E-state index in [0.29, 0.717) is 12.0 Å². The second-order valence-electron chi connectivity index (χ2n) is 4.44. The minimum Gasteiger partial charge on any atom is -0.469 e. The van der Waals surface area contributed by atoms with Crippen molar-refractivity contribution in [2.75, 3.05) is 7.11 Å². The van der Waals surface area contributed by atoms with Crippen LogP contribution in [0.4, 0.5) is 0 Å². The van der Waals surface area contributed by atoms with Crippen LogP contribution < -0.4 is 5.73 Å². The van der Waals surface area contributed by atoms with Crippen LogP contribution in [0.2, 0.25) is 0 Å². The number of nitrogens with two attached hydrogens (primary N) is 1. The van der Waals surface area contributed by atoms with Gasteiger partial charge in [-0.15, -0.1) is 0 Å². The summed E-state index contributed by atoms with van der Waals surface area (Å²) in [6.45, 7) is 1.94. The monoisotopic (exact) mass is 199 g/mol. The molecule has 3 nitrogen and oxygen atoms in total. The topological polar surface area (TPSA) is 52.3 Å². The average molecular weight is 199 g/mol. The summed E-state index contributed by atoms with van der Waals surface area (Å²) in [6.07, 6.45) is 5.52. The molecule has 0 heterocycles. The zero-order valence-corrected chi connectivity index (χ0v) is 9.16. The average Bonchev–Trinajstić information content (AvgIpc) is 2.20. The zero-order valence-electron chi connectivity index (χ0n) is 9.16. The van der Waals surface area contributed by atoms with Gasteiger partial charge in [-0.3, -0.25) is 4.79 Å². The van der Waals surface area contributed by atoms with E-state index in [1.54, 1.807) is 0 Å². The third kappa shape index (κ3) is 3.29. The fourth-order valence-corrected chi connectivity index (χ4v) is 2.22. The van der Waals surface area contributed by atoms with Crippen LogP contribution >= 0.6 is 0 Å². The molecule has 82 valence electrons. The molecule has 2 N–H and O–H groups in total. The van der Waals surface area contributed by atoms with E-state index in [-0.39, 0.29) is 11.9 Å². The molecular formula is C11H21NO2. The van der Waals surface area contributed by atoms with E-state index in [1.165, 1.54) is 20.0 Å². The van der Waals surface area contributed by atoms with Crippen LogP contribution in [0.5, 0.6) is 0 Å². The van der Waals surface area contributed by atoms with E-state index in [1.807, 2.05) is 6.92 Å². The number of carbonyl (C=O) groups excluding carboxylic acids is 1. The molecule has 0 spiro atoms. The summed E-state index contributed by atoms with van der Waals surface area (Å²) in [7, 11) is 1.45. The minimum atomic E-state index is -0.0835. The van der Waals surface area contributed by atoms with Crippen molar-refractivity contribution in [2.45, 2.75) is 45.1 Å². The molecule has 1 rings (SSSR count). The fourth-order valence-electron chi connectivity index (χ4n) is 2.22. The lowest BCUT2D eigenvalue weighted by atomic mass is 9.81. The molecule has 0 bridgehead atoms. The summed E-state index contributed by atoms with van der Waals surface area (Å²) in [4.78, 5) is 11.2. The van der Waals surface area contributed by atoms with Crippen LogP contribution in [0.1, 0.15) is 39.0 Å². The van der Waals surface area contributed by atoms with Gasteiger partial charge < -0.3 is 10.5 Å². The van der Waals surface area contributed by atoms with E-state index in [4.69, 9.17) is 10.5 Å². The largest absolute Gasteiger partial charge is 0.469 e. The van der Waals surface area contributed by atoms with Gasteiger partial charge in [-0.05, 0) is 38.0 Å². The first-order chi connectivity index (χ1) is 6.63. The highest BCUT2D eigenvalue weighted by Crippen LogP contribution is 2.28. The summed E-state index contributed by atoms with van der Waals surface area (Å²) < 4.78 is 4.71. The zero-order chi connectivity index (χ0) is 10.6. The van der Waals surface area contributed by atoms with Crippen molar-refractivity contribution in [3.8, 4) is 0 Å². The second-order valence-corrected chi connectivity index (χ2v) is 4.44. The molecule has 14 heavy (non-hydrogen) atoms. The van der Waals surface area contributed by atoms with Gasteiger partial charge in [0.05, 0.1) is 13.0 Å². The highest BCUT2D eigenvalue weighted by molar-refractivity contribution is 5.71. The molecule has 1 aliphatic rings. The lowest BCUT2D eigenvalue weighted by Gasteiger charge is -2.27. The van der Waals surface area contributed by atoms with Gasteiger partial charge in [0.1, 0.15) is 0 Å². The fraction of sp³-hybridized carbons (Fsp3) is 0.909. The number of carbonyl (C=O) groups is 1. The summed E-state index contributed by atoms with van der Waals surface area (Å²) in [5.41, 5.74) is 5.82. The number of hydrogen-bond acceptors (Lipinski definition) is 3. The first-order valence-corrected chi connectivity index (χ1v) is 5.47. The highest BCUT2D eigenvalue weighted by Gasteiger charge is 2.23. The van der Waals surface area contributed by atoms with Crippen molar-refractivity contribution in [1.29, 1.82) is 0 Å². The van der Waals surface area contributed by atoms with Crippen molar-refractivity contribution in [2.24, 2.45) is 17.6 Å². The van der Waals surface area contributed by atoms with E-state index in [2.05, 4.69) is 0 Å². The van der Waals surface area contributed by atoms with Crippen LogP contribution in [-0.4, -0.2) is 19.1 Å². The maximum Gasteiger partial charge on any atom is 0.308 e. The number of esters is 1. The molecular weight excluding hydrogens is 178 g/mol. The van der Waals surface area contributed by atoms with Crippen LogP contribution in [-0.2, 0) is 9.53 Å². The molecule has 1 saturated carbocycles. The molecule has 0 aliphatic heterocycles. The van der Waals surface area contributed by atoms with Gasteiger partial charge in [-0.1, -0.05) is 6.92 Å². The van der Waals surface area contributed by atoms with Crippen LogP contribution in [0, 0.1) is 11.8 Å². The summed E-state index contributed by atoms with van der Waals surface area (Å²) in [6, 6.07) is 0.389. The number of rotatable bonds is 3. The van der Waals surface area contributed by atoms with E-state index >= 15 is 0 Å². The van der Waals surface area contributed by atoms with Gasteiger partial charge >= 0.3 is 5.97 Å². The molecule has 1 fully saturated rings. The second kappa shape index (κ2) is 5.35. The van der Waals surface area contributed by atoms with Crippen molar-refractivity contribution in [3.05, 3.63) is 0 Å². The predicted molar refractivity (Wildman–Crippen MR) is 55.7 cm³/mol. The standard InChI is InChI=1S/C11H21NO2/c1-8(11(13)14-2)7-9-3-5-10(12)6-4-9/h8-10H,3-7,12H2,1-2H3. The molecule has 3 heteroatoms.